The summed E-state index contributed by atoms with van der Waals surface area (Å²) in [6.45, 7) is 2.19. The highest BCUT2D eigenvalue weighted by atomic mass is 16.2. The Balaban J connectivity index is 2.30. The molecule has 1 aromatic rings. The number of aryl methyl sites for hydroxylation is 1. The fourth-order valence-corrected chi connectivity index (χ4v) is 1.83. The van der Waals surface area contributed by atoms with Crippen molar-refractivity contribution in [3.05, 3.63) is 32.6 Å². The van der Waals surface area contributed by atoms with Crippen molar-refractivity contribution >= 4 is 0 Å². The number of nitrogens with zero attached hydrogens (tertiary/aromatic N) is 2. The third-order valence-corrected chi connectivity index (χ3v) is 3.11. The number of nitriles is 1. The van der Waals surface area contributed by atoms with Gasteiger partial charge in [0.2, 0.25) is 0 Å². The van der Waals surface area contributed by atoms with E-state index in [9.17, 15) is 9.59 Å². The van der Waals surface area contributed by atoms with Crippen LogP contribution in [-0.2, 0) is 6.54 Å². The van der Waals surface area contributed by atoms with Crippen LogP contribution < -0.4 is 11.2 Å². The average molecular weight is 219 g/mol. The Labute approximate surface area is 92.3 Å². The van der Waals surface area contributed by atoms with Crippen LogP contribution in [0.1, 0.15) is 24.8 Å². The molecule has 0 aromatic carbocycles. The molecule has 2 rings (SSSR count). The first-order valence-electron chi connectivity index (χ1n) is 5.24. The molecule has 5 nitrogen and oxygen atoms in total. The van der Waals surface area contributed by atoms with E-state index in [0.717, 1.165) is 12.8 Å². The highest BCUT2D eigenvalue weighted by Crippen LogP contribution is 2.49. The van der Waals surface area contributed by atoms with Crippen molar-refractivity contribution in [1.82, 2.24) is 9.55 Å². The molecule has 0 unspecified atom stereocenters. The van der Waals surface area contributed by atoms with Gasteiger partial charge in [-0.05, 0) is 19.8 Å². The van der Waals surface area contributed by atoms with Crippen molar-refractivity contribution in [2.24, 2.45) is 5.41 Å². The van der Waals surface area contributed by atoms with Crippen LogP contribution in [-0.4, -0.2) is 9.55 Å². The predicted molar refractivity (Wildman–Crippen MR) is 58.0 cm³/mol. The van der Waals surface area contributed by atoms with E-state index in [-0.39, 0.29) is 16.7 Å². The zero-order chi connectivity index (χ0) is 11.8. The summed E-state index contributed by atoms with van der Waals surface area (Å²) in [5, 5.41) is 8.69. The molecule has 0 atom stereocenters. The van der Waals surface area contributed by atoms with E-state index in [2.05, 4.69) is 11.1 Å². The second-order valence-corrected chi connectivity index (χ2v) is 4.53. The van der Waals surface area contributed by atoms with Crippen molar-refractivity contribution in [2.45, 2.75) is 32.7 Å². The molecule has 1 fully saturated rings. The lowest BCUT2D eigenvalue weighted by molar-refractivity contribution is 0.417. The van der Waals surface area contributed by atoms with Crippen LogP contribution in [0.2, 0.25) is 0 Å². The van der Waals surface area contributed by atoms with E-state index in [1.807, 2.05) is 0 Å². The summed E-state index contributed by atoms with van der Waals surface area (Å²) in [4.78, 5) is 25.0. The molecule has 1 aliphatic rings. The second-order valence-electron chi connectivity index (χ2n) is 4.53. The van der Waals surface area contributed by atoms with Crippen LogP contribution in [0, 0.1) is 23.7 Å². The molecule has 0 bridgehead atoms. The number of hydrogen-bond donors (Lipinski definition) is 1. The number of aromatic amines is 1. The molecule has 84 valence electrons. The van der Waals surface area contributed by atoms with Crippen LogP contribution >= 0.6 is 0 Å². The maximum atomic E-state index is 11.5. The molecule has 1 heterocycles. The van der Waals surface area contributed by atoms with Gasteiger partial charge in [-0.1, -0.05) is 0 Å². The maximum Gasteiger partial charge on any atom is 0.328 e. The number of aromatic nitrogens is 2. The highest BCUT2D eigenvalue weighted by Gasteiger charge is 2.42. The van der Waals surface area contributed by atoms with Gasteiger partial charge >= 0.3 is 5.69 Å². The van der Waals surface area contributed by atoms with E-state index < -0.39 is 0 Å². The normalized spacial score (nSPS) is 16.8. The van der Waals surface area contributed by atoms with E-state index >= 15 is 0 Å². The van der Waals surface area contributed by atoms with E-state index in [4.69, 9.17) is 5.26 Å². The summed E-state index contributed by atoms with van der Waals surface area (Å²) in [5.41, 5.74) is -0.248. The van der Waals surface area contributed by atoms with Gasteiger partial charge in [-0.3, -0.25) is 14.3 Å². The zero-order valence-electron chi connectivity index (χ0n) is 9.12. The van der Waals surface area contributed by atoms with Crippen LogP contribution in [0.4, 0.5) is 0 Å². The molecular weight excluding hydrogens is 206 g/mol. The number of rotatable bonds is 3. The molecule has 1 saturated carbocycles. The molecule has 16 heavy (non-hydrogen) atoms. The van der Waals surface area contributed by atoms with Gasteiger partial charge in [-0.25, -0.2) is 4.79 Å². The average Bonchev–Trinajstić information content (AvgIpc) is 2.95. The maximum absolute atomic E-state index is 11.5. The summed E-state index contributed by atoms with van der Waals surface area (Å²) in [6, 6.07) is 2.15. The molecule has 5 heteroatoms. The van der Waals surface area contributed by atoms with Crippen LogP contribution in [0.5, 0.6) is 0 Å². The molecule has 1 aromatic heterocycles. The van der Waals surface area contributed by atoms with E-state index in [1.165, 1.54) is 4.57 Å². The van der Waals surface area contributed by atoms with Crippen molar-refractivity contribution in [2.75, 3.05) is 0 Å². The quantitative estimate of drug-likeness (QED) is 0.805. The summed E-state index contributed by atoms with van der Waals surface area (Å²) in [6.07, 6.45) is 3.99. The standard InChI is InChI=1S/C11H13N3O2/c1-8-6-14(10(16)13-9(8)15)7-11(2-3-11)4-5-12/h6H,2-4,7H2,1H3,(H,13,15,16). The van der Waals surface area contributed by atoms with Gasteiger partial charge in [0.05, 0.1) is 6.07 Å². The summed E-state index contributed by atoms with van der Waals surface area (Å²) in [7, 11) is 0. The van der Waals surface area contributed by atoms with E-state index in [0.29, 0.717) is 18.5 Å². The Kier molecular flexibility index (Phi) is 2.43. The fraction of sp³-hybridized carbons (Fsp3) is 0.545. The highest BCUT2D eigenvalue weighted by molar-refractivity contribution is 5.04. The van der Waals surface area contributed by atoms with Gasteiger partial charge in [0, 0.05) is 30.1 Å². The van der Waals surface area contributed by atoms with Crippen molar-refractivity contribution in [1.29, 1.82) is 5.26 Å². The predicted octanol–water partition coefficient (Wildman–Crippen LogP) is 0.539. The van der Waals surface area contributed by atoms with Crippen molar-refractivity contribution in [3.63, 3.8) is 0 Å². The van der Waals surface area contributed by atoms with Gasteiger partial charge in [0.1, 0.15) is 0 Å². The molecular formula is C11H13N3O2. The second kappa shape index (κ2) is 3.63. The van der Waals surface area contributed by atoms with Gasteiger partial charge in [-0.15, -0.1) is 0 Å². The first-order valence-corrected chi connectivity index (χ1v) is 5.24. The molecule has 0 saturated heterocycles. The van der Waals surface area contributed by atoms with Crippen LogP contribution in [0.25, 0.3) is 0 Å². The Bertz CT molecular complexity index is 558. The zero-order valence-corrected chi connectivity index (χ0v) is 9.12. The lowest BCUT2D eigenvalue weighted by Gasteiger charge is -2.12. The monoisotopic (exact) mass is 219 g/mol. The Morgan fingerprint density at radius 1 is 1.56 bits per heavy atom. The lowest BCUT2D eigenvalue weighted by atomic mass is 10.0. The Hall–Kier alpha value is -1.83. The topological polar surface area (TPSA) is 78.7 Å². The first-order chi connectivity index (χ1) is 7.56. The Morgan fingerprint density at radius 2 is 2.25 bits per heavy atom. The van der Waals surface area contributed by atoms with Crippen molar-refractivity contribution < 1.29 is 0 Å². The summed E-state index contributed by atoms with van der Waals surface area (Å²) >= 11 is 0. The van der Waals surface area contributed by atoms with Crippen LogP contribution in [0.15, 0.2) is 15.8 Å². The molecule has 0 radical (unpaired) electrons. The third kappa shape index (κ3) is 1.91. The van der Waals surface area contributed by atoms with Gasteiger partial charge < -0.3 is 0 Å². The van der Waals surface area contributed by atoms with Crippen molar-refractivity contribution in [3.8, 4) is 6.07 Å². The largest absolute Gasteiger partial charge is 0.328 e. The molecule has 0 aliphatic heterocycles. The number of H-pyrrole nitrogens is 1. The summed E-state index contributed by atoms with van der Waals surface area (Å²) in [5.74, 6) is 0. The van der Waals surface area contributed by atoms with Gasteiger partial charge in [-0.2, -0.15) is 5.26 Å². The summed E-state index contributed by atoms with van der Waals surface area (Å²) < 4.78 is 1.50. The smallest absolute Gasteiger partial charge is 0.300 e. The van der Waals surface area contributed by atoms with E-state index in [1.54, 1.807) is 13.1 Å². The van der Waals surface area contributed by atoms with Gasteiger partial charge in [0.25, 0.3) is 5.56 Å². The third-order valence-electron chi connectivity index (χ3n) is 3.11. The molecule has 1 N–H and O–H groups in total. The molecule has 1 aliphatic carbocycles. The number of hydrogen-bond acceptors (Lipinski definition) is 3. The minimum absolute atomic E-state index is 0.0384. The van der Waals surface area contributed by atoms with Crippen LogP contribution in [0.3, 0.4) is 0 Å². The SMILES string of the molecule is Cc1cn(CC2(CC#N)CC2)c(=O)[nH]c1=O. The minimum Gasteiger partial charge on any atom is -0.300 e. The number of nitrogens with one attached hydrogen (secondary N) is 1. The minimum atomic E-state index is -0.389. The molecule has 0 spiro atoms. The lowest BCUT2D eigenvalue weighted by Crippen LogP contribution is -2.32. The Morgan fingerprint density at radius 3 is 2.81 bits per heavy atom. The van der Waals surface area contributed by atoms with Gasteiger partial charge in [0.15, 0.2) is 0 Å². The fourth-order valence-electron chi connectivity index (χ4n) is 1.83. The molecule has 0 amide bonds. The first kappa shape index (κ1) is 10.7.